The molecule has 1 atom stereocenters. The zero-order valence-corrected chi connectivity index (χ0v) is 16.1. The highest BCUT2D eigenvalue weighted by atomic mass is 35.5. The number of para-hydroxylation sites is 1. The molecule has 0 aliphatic carbocycles. The quantitative estimate of drug-likeness (QED) is 0.820. The molecule has 140 valence electrons. The fourth-order valence-electron chi connectivity index (χ4n) is 3.27. The van der Waals surface area contributed by atoms with Gasteiger partial charge in [0.2, 0.25) is 0 Å². The summed E-state index contributed by atoms with van der Waals surface area (Å²) in [7, 11) is 1.52. The maximum atomic E-state index is 12.9. The first-order chi connectivity index (χ1) is 12.9. The van der Waals surface area contributed by atoms with Gasteiger partial charge in [-0.25, -0.2) is 0 Å². The minimum atomic E-state index is -0.792. The lowest BCUT2D eigenvalue weighted by Gasteiger charge is -2.28. The van der Waals surface area contributed by atoms with E-state index in [0.717, 1.165) is 5.56 Å². The molecule has 0 bridgehead atoms. The molecule has 1 unspecified atom stereocenters. The van der Waals surface area contributed by atoms with Gasteiger partial charge >= 0.3 is 0 Å². The van der Waals surface area contributed by atoms with Crippen molar-refractivity contribution in [2.75, 3.05) is 12.0 Å². The molecule has 5 nitrogen and oxygen atoms in total. The zero-order chi connectivity index (χ0) is 19.7. The summed E-state index contributed by atoms with van der Waals surface area (Å²) in [5.74, 6) is -0.941. The van der Waals surface area contributed by atoms with E-state index in [9.17, 15) is 14.7 Å². The smallest absolute Gasteiger partial charge is 0.294 e. The third kappa shape index (κ3) is 3.19. The number of halogens is 1. The Hall–Kier alpha value is -2.79. The average Bonchev–Trinajstić information content (AvgIpc) is 2.94. The van der Waals surface area contributed by atoms with Crippen LogP contribution in [0.15, 0.2) is 53.8 Å². The number of Topliss-reactive ketones (excluding diaryl/α,β-unsaturated/α-hetero) is 1. The Kier molecular flexibility index (Phi) is 5.24. The number of carbonyl (C=O) groups is 2. The van der Waals surface area contributed by atoms with Gasteiger partial charge in [-0.15, -0.1) is 0 Å². The molecule has 2 aromatic rings. The fraction of sp³-hybridized carbons (Fsp3) is 0.238. The molecule has 2 aromatic carbocycles. The molecule has 6 heteroatoms. The predicted octanol–water partition coefficient (Wildman–Crippen LogP) is 4.54. The SMILES string of the molecule is CCC(=O)C1=C(O)C(=O)N(c2ccc(C)c(Cl)c2)C1c1ccccc1OC. The number of hydrogen-bond acceptors (Lipinski definition) is 4. The molecular formula is C21H20ClNO4. The molecule has 1 aliphatic rings. The Morgan fingerprint density at radius 1 is 1.26 bits per heavy atom. The summed E-state index contributed by atoms with van der Waals surface area (Å²) in [5.41, 5.74) is 2.05. The van der Waals surface area contributed by atoms with Gasteiger partial charge in [0, 0.05) is 22.7 Å². The first kappa shape index (κ1) is 19.0. The van der Waals surface area contributed by atoms with E-state index >= 15 is 0 Å². The number of carbonyl (C=O) groups excluding carboxylic acids is 2. The van der Waals surface area contributed by atoms with Crippen LogP contribution in [0.3, 0.4) is 0 Å². The number of benzene rings is 2. The standard InChI is InChI=1S/C21H20ClNO4/c1-4-16(24)18-19(14-7-5-6-8-17(14)27-3)23(21(26)20(18)25)13-10-9-12(2)15(22)11-13/h5-11,19,25H,4H2,1-3H3. The topological polar surface area (TPSA) is 66.8 Å². The Morgan fingerprint density at radius 3 is 2.59 bits per heavy atom. The zero-order valence-electron chi connectivity index (χ0n) is 15.3. The van der Waals surface area contributed by atoms with Crippen molar-refractivity contribution in [1.29, 1.82) is 0 Å². The number of anilines is 1. The lowest BCUT2D eigenvalue weighted by molar-refractivity contribution is -0.118. The van der Waals surface area contributed by atoms with Crippen LogP contribution in [0.2, 0.25) is 5.02 Å². The number of methoxy groups -OCH3 is 1. The first-order valence-electron chi connectivity index (χ1n) is 8.59. The highest BCUT2D eigenvalue weighted by Crippen LogP contribution is 2.44. The van der Waals surface area contributed by atoms with E-state index in [2.05, 4.69) is 0 Å². The molecule has 1 amide bonds. The van der Waals surface area contributed by atoms with Crippen LogP contribution in [0.4, 0.5) is 5.69 Å². The average molecular weight is 386 g/mol. The lowest BCUT2D eigenvalue weighted by Crippen LogP contribution is -2.31. The van der Waals surface area contributed by atoms with Crippen molar-refractivity contribution in [1.82, 2.24) is 0 Å². The number of rotatable bonds is 5. The third-order valence-corrected chi connectivity index (χ3v) is 5.10. The van der Waals surface area contributed by atoms with Gasteiger partial charge in [-0.2, -0.15) is 0 Å². The molecule has 0 fully saturated rings. The number of nitrogens with zero attached hydrogens (tertiary/aromatic N) is 1. The van der Waals surface area contributed by atoms with Gasteiger partial charge in [0.05, 0.1) is 18.7 Å². The lowest BCUT2D eigenvalue weighted by atomic mass is 9.94. The summed E-state index contributed by atoms with van der Waals surface area (Å²) in [6, 6.07) is 11.5. The number of aliphatic hydroxyl groups is 1. The van der Waals surface area contributed by atoms with Gasteiger partial charge in [-0.05, 0) is 30.7 Å². The molecule has 0 saturated heterocycles. The Bertz CT molecular complexity index is 951. The van der Waals surface area contributed by atoms with Crippen LogP contribution in [-0.2, 0) is 9.59 Å². The molecule has 3 rings (SSSR count). The Morgan fingerprint density at radius 2 is 1.96 bits per heavy atom. The van der Waals surface area contributed by atoms with E-state index in [1.54, 1.807) is 49.4 Å². The molecule has 0 radical (unpaired) electrons. The van der Waals surface area contributed by atoms with E-state index in [1.165, 1.54) is 12.0 Å². The normalized spacial score (nSPS) is 16.8. The molecule has 0 spiro atoms. The third-order valence-electron chi connectivity index (χ3n) is 4.70. The van der Waals surface area contributed by atoms with Gasteiger partial charge in [-0.3, -0.25) is 14.5 Å². The largest absolute Gasteiger partial charge is 0.503 e. The van der Waals surface area contributed by atoms with Gasteiger partial charge in [0.15, 0.2) is 11.5 Å². The summed E-state index contributed by atoms with van der Waals surface area (Å²) in [6.07, 6.45) is 0.167. The van der Waals surface area contributed by atoms with Crippen LogP contribution in [0.25, 0.3) is 0 Å². The molecule has 0 aromatic heterocycles. The highest BCUT2D eigenvalue weighted by Gasteiger charge is 2.44. The van der Waals surface area contributed by atoms with Gasteiger partial charge in [-0.1, -0.05) is 42.8 Å². The van der Waals surface area contributed by atoms with Crippen molar-refractivity contribution in [3.63, 3.8) is 0 Å². The molecule has 1 heterocycles. The maximum Gasteiger partial charge on any atom is 0.294 e. The number of hydrogen-bond donors (Lipinski definition) is 1. The Labute approximate surface area is 162 Å². The van der Waals surface area contributed by atoms with Crippen molar-refractivity contribution in [2.45, 2.75) is 26.3 Å². The maximum absolute atomic E-state index is 12.9. The number of aryl methyl sites for hydroxylation is 1. The van der Waals surface area contributed by atoms with Crippen LogP contribution in [0.1, 0.15) is 30.5 Å². The van der Waals surface area contributed by atoms with Crippen LogP contribution >= 0.6 is 11.6 Å². The number of ketones is 1. The van der Waals surface area contributed by atoms with E-state index in [1.807, 2.05) is 6.92 Å². The second-order valence-electron chi connectivity index (χ2n) is 6.29. The summed E-state index contributed by atoms with van der Waals surface area (Å²) < 4.78 is 5.44. The summed E-state index contributed by atoms with van der Waals surface area (Å²) in [5, 5.41) is 11.0. The monoisotopic (exact) mass is 385 g/mol. The molecule has 1 aliphatic heterocycles. The molecule has 27 heavy (non-hydrogen) atoms. The van der Waals surface area contributed by atoms with Gasteiger partial charge < -0.3 is 9.84 Å². The van der Waals surface area contributed by atoms with E-state index in [-0.39, 0.29) is 17.8 Å². The minimum Gasteiger partial charge on any atom is -0.503 e. The van der Waals surface area contributed by atoms with E-state index < -0.39 is 17.7 Å². The first-order valence-corrected chi connectivity index (χ1v) is 8.97. The second-order valence-corrected chi connectivity index (χ2v) is 6.70. The number of aliphatic hydroxyl groups excluding tert-OH is 1. The number of amides is 1. The minimum absolute atomic E-state index is 0.0729. The van der Waals surface area contributed by atoms with Crippen molar-refractivity contribution in [3.8, 4) is 5.75 Å². The van der Waals surface area contributed by atoms with E-state index in [0.29, 0.717) is 22.0 Å². The van der Waals surface area contributed by atoms with Gasteiger partial charge in [0.25, 0.3) is 5.91 Å². The van der Waals surface area contributed by atoms with Crippen molar-refractivity contribution in [3.05, 3.63) is 69.9 Å². The molecular weight excluding hydrogens is 366 g/mol. The number of ether oxygens (including phenoxy) is 1. The predicted molar refractivity (Wildman–Crippen MR) is 104 cm³/mol. The van der Waals surface area contributed by atoms with E-state index in [4.69, 9.17) is 16.3 Å². The van der Waals surface area contributed by atoms with Crippen LogP contribution in [0, 0.1) is 6.92 Å². The summed E-state index contributed by atoms with van der Waals surface area (Å²) in [4.78, 5) is 26.9. The van der Waals surface area contributed by atoms with Gasteiger partial charge in [0.1, 0.15) is 5.75 Å². The van der Waals surface area contributed by atoms with Crippen LogP contribution in [0.5, 0.6) is 5.75 Å². The Balaban J connectivity index is 2.24. The van der Waals surface area contributed by atoms with Crippen molar-refractivity contribution in [2.24, 2.45) is 0 Å². The summed E-state index contributed by atoms with van der Waals surface area (Å²) >= 11 is 6.25. The molecule has 1 N–H and O–H groups in total. The highest BCUT2D eigenvalue weighted by molar-refractivity contribution is 6.31. The van der Waals surface area contributed by atoms with Crippen molar-refractivity contribution < 1.29 is 19.4 Å². The van der Waals surface area contributed by atoms with Crippen molar-refractivity contribution >= 4 is 29.0 Å². The second kappa shape index (κ2) is 7.45. The van der Waals surface area contributed by atoms with Crippen LogP contribution < -0.4 is 9.64 Å². The summed E-state index contributed by atoms with van der Waals surface area (Å²) in [6.45, 7) is 3.55. The fourth-order valence-corrected chi connectivity index (χ4v) is 3.44. The van der Waals surface area contributed by atoms with Crippen LogP contribution in [-0.4, -0.2) is 23.9 Å². The molecule has 0 saturated carbocycles.